The normalized spacial score (nSPS) is 10.8. The highest BCUT2D eigenvalue weighted by molar-refractivity contribution is 5.88. The zero-order valence-corrected chi connectivity index (χ0v) is 13.4. The molecule has 2 N–H and O–H groups in total. The average molecular weight is 319 g/mol. The Bertz CT molecular complexity index is 641. The number of carbonyl (C=O) groups excluding carboxylic acids is 1. The number of hydrogen-bond donors (Lipinski definition) is 2. The lowest BCUT2D eigenvalue weighted by molar-refractivity contribution is 0.252. The Labute approximate surface area is 135 Å². The van der Waals surface area contributed by atoms with Crippen molar-refractivity contribution in [1.82, 2.24) is 20.0 Å². The van der Waals surface area contributed by atoms with E-state index in [0.717, 1.165) is 18.7 Å². The van der Waals surface area contributed by atoms with Crippen LogP contribution in [0, 0.1) is 5.82 Å². The fourth-order valence-electron chi connectivity index (χ4n) is 2.03. The molecule has 2 aromatic rings. The minimum absolute atomic E-state index is 0.268. The maximum Gasteiger partial charge on any atom is 0.320 e. The van der Waals surface area contributed by atoms with Crippen LogP contribution in [-0.2, 0) is 13.0 Å². The lowest BCUT2D eigenvalue weighted by Crippen LogP contribution is -2.30. The quantitative estimate of drug-likeness (QED) is 0.820. The van der Waals surface area contributed by atoms with Crippen LogP contribution in [0.5, 0.6) is 0 Å². The molecule has 0 radical (unpaired) electrons. The summed E-state index contributed by atoms with van der Waals surface area (Å²) in [5.41, 5.74) is 0.846. The molecule has 0 saturated carbocycles. The van der Waals surface area contributed by atoms with E-state index in [1.54, 1.807) is 16.8 Å². The number of aromatic nitrogens is 2. The van der Waals surface area contributed by atoms with E-state index in [1.807, 2.05) is 26.4 Å². The van der Waals surface area contributed by atoms with Crippen molar-refractivity contribution in [2.45, 2.75) is 13.0 Å². The molecule has 6 nitrogen and oxygen atoms in total. The topological polar surface area (TPSA) is 62.2 Å². The molecular weight excluding hydrogens is 297 g/mol. The number of nitrogens with zero attached hydrogens (tertiary/aromatic N) is 3. The Balaban J connectivity index is 1.72. The molecule has 0 unspecified atom stereocenters. The molecule has 1 aromatic heterocycles. The lowest BCUT2D eigenvalue weighted by atomic mass is 10.1. The predicted octanol–water partition coefficient (Wildman–Crippen LogP) is 1.95. The molecule has 0 fully saturated rings. The van der Waals surface area contributed by atoms with E-state index < -0.39 is 0 Å². The largest absolute Gasteiger partial charge is 0.337 e. The number of benzene rings is 1. The van der Waals surface area contributed by atoms with E-state index in [0.29, 0.717) is 18.8 Å². The third kappa shape index (κ3) is 6.07. The van der Waals surface area contributed by atoms with Crippen LogP contribution in [0.2, 0.25) is 0 Å². The van der Waals surface area contributed by atoms with Crippen molar-refractivity contribution < 1.29 is 9.18 Å². The third-order valence-electron chi connectivity index (χ3n) is 3.25. The van der Waals surface area contributed by atoms with Crippen LogP contribution in [0.1, 0.15) is 5.56 Å². The molecule has 0 spiro atoms. The van der Waals surface area contributed by atoms with Gasteiger partial charge in [-0.3, -0.25) is 10.00 Å². The number of anilines is 1. The molecular formula is C16H22FN5O. The monoisotopic (exact) mass is 319 g/mol. The van der Waals surface area contributed by atoms with Crippen molar-refractivity contribution in [2.75, 3.05) is 32.5 Å². The van der Waals surface area contributed by atoms with Crippen LogP contribution in [0.4, 0.5) is 15.0 Å². The standard InChI is InChI=1S/C16H22FN5O/c1-21(2)10-11-22-9-7-15(20-22)19-16(23)18-8-6-13-4-3-5-14(17)12-13/h3-5,7,9,12H,6,8,10-11H2,1-2H3,(H2,18,19,20,23). The molecule has 0 bridgehead atoms. The maximum absolute atomic E-state index is 13.0. The summed E-state index contributed by atoms with van der Waals surface area (Å²) in [6.07, 6.45) is 2.40. The van der Waals surface area contributed by atoms with Crippen LogP contribution in [-0.4, -0.2) is 47.9 Å². The molecule has 0 atom stereocenters. The van der Waals surface area contributed by atoms with E-state index in [4.69, 9.17) is 0 Å². The molecule has 0 aliphatic rings. The molecule has 1 aromatic carbocycles. The fraction of sp³-hybridized carbons (Fsp3) is 0.375. The van der Waals surface area contributed by atoms with Crippen molar-refractivity contribution in [3.63, 3.8) is 0 Å². The van der Waals surface area contributed by atoms with Gasteiger partial charge < -0.3 is 10.2 Å². The van der Waals surface area contributed by atoms with Gasteiger partial charge in [0, 0.05) is 25.4 Å². The van der Waals surface area contributed by atoms with Gasteiger partial charge in [-0.05, 0) is 38.2 Å². The van der Waals surface area contributed by atoms with Gasteiger partial charge in [-0.1, -0.05) is 12.1 Å². The summed E-state index contributed by atoms with van der Waals surface area (Å²) in [7, 11) is 3.99. The molecule has 7 heteroatoms. The Morgan fingerprint density at radius 1 is 1.35 bits per heavy atom. The molecule has 1 heterocycles. The van der Waals surface area contributed by atoms with Crippen molar-refractivity contribution in [1.29, 1.82) is 0 Å². The van der Waals surface area contributed by atoms with Crippen molar-refractivity contribution in [3.8, 4) is 0 Å². The summed E-state index contributed by atoms with van der Waals surface area (Å²) in [4.78, 5) is 13.9. The highest BCUT2D eigenvalue weighted by Gasteiger charge is 2.05. The molecule has 124 valence electrons. The van der Waals surface area contributed by atoms with Gasteiger partial charge in [0.05, 0.1) is 6.54 Å². The van der Waals surface area contributed by atoms with Crippen LogP contribution >= 0.6 is 0 Å². The van der Waals surface area contributed by atoms with Crippen molar-refractivity contribution >= 4 is 11.8 Å². The van der Waals surface area contributed by atoms with Gasteiger partial charge in [0.1, 0.15) is 5.82 Å². The third-order valence-corrected chi connectivity index (χ3v) is 3.25. The first-order chi connectivity index (χ1) is 11.0. The first kappa shape index (κ1) is 17.0. The molecule has 23 heavy (non-hydrogen) atoms. The minimum Gasteiger partial charge on any atom is -0.337 e. The van der Waals surface area contributed by atoms with E-state index in [1.165, 1.54) is 12.1 Å². The number of hydrogen-bond acceptors (Lipinski definition) is 3. The second kappa shape index (κ2) is 8.28. The van der Waals surface area contributed by atoms with E-state index >= 15 is 0 Å². The zero-order chi connectivity index (χ0) is 16.7. The van der Waals surface area contributed by atoms with Gasteiger partial charge in [0.2, 0.25) is 0 Å². The summed E-state index contributed by atoms with van der Waals surface area (Å²) < 4.78 is 14.8. The summed E-state index contributed by atoms with van der Waals surface area (Å²) in [6.45, 7) is 2.06. The van der Waals surface area contributed by atoms with Gasteiger partial charge in [-0.2, -0.15) is 5.10 Å². The number of likely N-dealkylation sites (N-methyl/N-ethyl adjacent to an activating group) is 1. The van der Waals surface area contributed by atoms with E-state index in [2.05, 4.69) is 20.6 Å². The van der Waals surface area contributed by atoms with Crippen LogP contribution in [0.3, 0.4) is 0 Å². The maximum atomic E-state index is 13.0. The molecule has 0 aliphatic heterocycles. The van der Waals surface area contributed by atoms with Gasteiger partial charge in [0.15, 0.2) is 5.82 Å². The zero-order valence-electron chi connectivity index (χ0n) is 13.4. The van der Waals surface area contributed by atoms with Crippen molar-refractivity contribution in [3.05, 3.63) is 47.9 Å². The Hall–Kier alpha value is -2.41. The SMILES string of the molecule is CN(C)CCn1ccc(NC(=O)NCCc2cccc(F)c2)n1. The summed E-state index contributed by atoms with van der Waals surface area (Å²) in [5.74, 6) is 0.238. The molecule has 2 rings (SSSR count). The second-order valence-electron chi connectivity index (χ2n) is 5.53. The first-order valence-corrected chi connectivity index (χ1v) is 7.50. The van der Waals surface area contributed by atoms with Crippen LogP contribution < -0.4 is 10.6 Å². The lowest BCUT2D eigenvalue weighted by Gasteiger charge is -2.09. The van der Waals surface area contributed by atoms with Gasteiger partial charge in [0.25, 0.3) is 0 Å². The minimum atomic E-state index is -0.320. The second-order valence-corrected chi connectivity index (χ2v) is 5.53. The van der Waals surface area contributed by atoms with Gasteiger partial charge >= 0.3 is 6.03 Å². The number of urea groups is 1. The summed E-state index contributed by atoms with van der Waals surface area (Å²) in [6, 6.07) is 7.78. The highest BCUT2D eigenvalue weighted by atomic mass is 19.1. The molecule has 0 aliphatic carbocycles. The molecule has 2 amide bonds. The van der Waals surface area contributed by atoms with Crippen molar-refractivity contribution in [2.24, 2.45) is 0 Å². The van der Waals surface area contributed by atoms with Crippen LogP contribution in [0.25, 0.3) is 0 Å². The number of amides is 2. The van der Waals surface area contributed by atoms with Gasteiger partial charge in [-0.25, -0.2) is 9.18 Å². The highest BCUT2D eigenvalue weighted by Crippen LogP contribution is 2.04. The van der Waals surface area contributed by atoms with Crippen LogP contribution in [0.15, 0.2) is 36.5 Å². The molecule has 0 saturated heterocycles. The number of nitrogens with one attached hydrogen (secondary N) is 2. The Morgan fingerprint density at radius 3 is 2.91 bits per heavy atom. The Morgan fingerprint density at radius 2 is 2.17 bits per heavy atom. The first-order valence-electron chi connectivity index (χ1n) is 7.50. The smallest absolute Gasteiger partial charge is 0.320 e. The average Bonchev–Trinajstić information content (AvgIpc) is 2.92. The number of rotatable bonds is 7. The van der Waals surface area contributed by atoms with E-state index in [-0.39, 0.29) is 11.8 Å². The summed E-state index contributed by atoms with van der Waals surface area (Å²) in [5, 5.41) is 9.68. The fourth-order valence-corrected chi connectivity index (χ4v) is 2.03. The number of halogens is 1. The number of carbonyl (C=O) groups is 1. The van der Waals surface area contributed by atoms with Gasteiger partial charge in [-0.15, -0.1) is 0 Å². The van der Waals surface area contributed by atoms with E-state index in [9.17, 15) is 9.18 Å². The summed E-state index contributed by atoms with van der Waals surface area (Å²) >= 11 is 0. The Kier molecular flexibility index (Phi) is 6.10. The predicted molar refractivity (Wildman–Crippen MR) is 87.9 cm³/mol.